The van der Waals surface area contributed by atoms with E-state index in [9.17, 15) is 4.79 Å². The molecule has 0 heterocycles. The standard InChI is InChI=1S/C18H33NO.CO2/c1-9-13-12-18(8,15(20)19-16(3,4)5)14(10-2)11-17(13,6)7;2-1-3/h9,13-14H,1,10-12H2,2-8H3,(H,19,20);. The maximum Gasteiger partial charge on any atom is 0.373 e. The number of hydrogen-bond donors (Lipinski definition) is 1. The van der Waals surface area contributed by atoms with Crippen LogP contribution in [0.5, 0.6) is 0 Å². The van der Waals surface area contributed by atoms with Gasteiger partial charge >= 0.3 is 6.15 Å². The van der Waals surface area contributed by atoms with Gasteiger partial charge in [-0.25, -0.2) is 0 Å². The molecule has 0 aliphatic heterocycles. The van der Waals surface area contributed by atoms with E-state index in [-0.39, 0.29) is 28.4 Å². The summed E-state index contributed by atoms with van der Waals surface area (Å²) in [6, 6.07) is 0. The molecule has 1 saturated carbocycles. The summed E-state index contributed by atoms with van der Waals surface area (Å²) in [7, 11) is 0. The Morgan fingerprint density at radius 3 is 2.09 bits per heavy atom. The lowest BCUT2D eigenvalue weighted by Gasteiger charge is -2.51. The van der Waals surface area contributed by atoms with Crippen molar-refractivity contribution < 1.29 is 14.4 Å². The summed E-state index contributed by atoms with van der Waals surface area (Å²) < 4.78 is 0. The minimum absolute atomic E-state index is 0.172. The van der Waals surface area contributed by atoms with Crippen molar-refractivity contribution in [1.82, 2.24) is 5.32 Å². The van der Waals surface area contributed by atoms with Crippen LogP contribution in [-0.4, -0.2) is 17.6 Å². The van der Waals surface area contributed by atoms with Crippen LogP contribution in [0.2, 0.25) is 0 Å². The topological polar surface area (TPSA) is 63.2 Å². The van der Waals surface area contributed by atoms with Crippen molar-refractivity contribution >= 4 is 12.1 Å². The lowest BCUT2D eigenvalue weighted by atomic mass is 9.54. The van der Waals surface area contributed by atoms with Gasteiger partial charge in [-0.3, -0.25) is 4.79 Å². The Kier molecular flexibility index (Phi) is 7.43. The Bertz CT molecular complexity index is 456. The molecule has 0 spiro atoms. The van der Waals surface area contributed by atoms with Gasteiger partial charge < -0.3 is 5.32 Å². The van der Waals surface area contributed by atoms with Crippen LogP contribution >= 0.6 is 0 Å². The number of carbonyl (C=O) groups excluding carboxylic acids is 3. The first-order valence-corrected chi connectivity index (χ1v) is 8.32. The second kappa shape index (κ2) is 7.92. The van der Waals surface area contributed by atoms with Gasteiger partial charge in [-0.2, -0.15) is 9.59 Å². The molecule has 3 atom stereocenters. The molecule has 1 aliphatic rings. The van der Waals surface area contributed by atoms with Crippen LogP contribution in [0.25, 0.3) is 0 Å². The summed E-state index contributed by atoms with van der Waals surface area (Å²) in [6.07, 6.45) is 5.36. The van der Waals surface area contributed by atoms with E-state index < -0.39 is 0 Å². The highest BCUT2D eigenvalue weighted by molar-refractivity contribution is 5.83. The monoisotopic (exact) mass is 323 g/mol. The maximum absolute atomic E-state index is 12.8. The van der Waals surface area contributed by atoms with Gasteiger partial charge in [0.25, 0.3) is 0 Å². The highest BCUT2D eigenvalue weighted by Gasteiger charge is 2.50. The van der Waals surface area contributed by atoms with E-state index in [2.05, 4.69) is 45.7 Å². The van der Waals surface area contributed by atoms with E-state index in [0.29, 0.717) is 11.8 Å². The molecular formula is C19H33NO3. The summed E-state index contributed by atoms with van der Waals surface area (Å²) in [4.78, 5) is 29.1. The molecule has 0 aromatic rings. The number of amides is 1. The number of nitrogens with one attached hydrogen (secondary N) is 1. The number of carbonyl (C=O) groups is 1. The van der Waals surface area contributed by atoms with Crippen molar-refractivity contribution in [3.8, 4) is 0 Å². The summed E-state index contributed by atoms with van der Waals surface area (Å²) >= 11 is 0. The number of allylic oxidation sites excluding steroid dienone is 1. The zero-order valence-electron chi connectivity index (χ0n) is 15.8. The summed E-state index contributed by atoms with van der Waals surface area (Å²) in [5.74, 6) is 1.05. The van der Waals surface area contributed by atoms with E-state index in [1.165, 1.54) is 0 Å². The van der Waals surface area contributed by atoms with Crippen LogP contribution in [0.3, 0.4) is 0 Å². The molecule has 23 heavy (non-hydrogen) atoms. The van der Waals surface area contributed by atoms with Crippen LogP contribution in [-0.2, 0) is 14.4 Å². The van der Waals surface area contributed by atoms with Gasteiger partial charge in [0, 0.05) is 11.0 Å². The molecule has 1 aliphatic carbocycles. The highest BCUT2D eigenvalue weighted by atomic mass is 16.2. The number of hydrogen-bond acceptors (Lipinski definition) is 3. The second-order valence-electron chi connectivity index (χ2n) is 8.55. The minimum atomic E-state index is -0.281. The van der Waals surface area contributed by atoms with Crippen molar-refractivity contribution in [2.45, 2.75) is 73.3 Å². The van der Waals surface area contributed by atoms with Gasteiger partial charge in [0.15, 0.2) is 0 Å². The molecule has 132 valence electrons. The zero-order chi connectivity index (χ0) is 18.5. The molecule has 1 fully saturated rings. The molecule has 1 N–H and O–H groups in total. The molecular weight excluding hydrogens is 290 g/mol. The quantitative estimate of drug-likeness (QED) is 0.799. The normalized spacial score (nSPS) is 29.5. The Balaban J connectivity index is 0.00000149. The van der Waals surface area contributed by atoms with Crippen LogP contribution in [0, 0.1) is 22.7 Å². The third-order valence-electron chi connectivity index (χ3n) is 5.11. The molecule has 4 nitrogen and oxygen atoms in total. The minimum Gasteiger partial charge on any atom is -0.351 e. The van der Waals surface area contributed by atoms with Crippen molar-refractivity contribution in [1.29, 1.82) is 0 Å². The highest BCUT2D eigenvalue weighted by Crippen LogP contribution is 2.53. The van der Waals surface area contributed by atoms with E-state index in [1.807, 2.05) is 20.8 Å². The lowest BCUT2D eigenvalue weighted by Crippen LogP contribution is -2.54. The fourth-order valence-electron chi connectivity index (χ4n) is 3.67. The first-order chi connectivity index (χ1) is 10.4. The van der Waals surface area contributed by atoms with Gasteiger partial charge in [-0.05, 0) is 50.9 Å². The average molecular weight is 323 g/mol. The van der Waals surface area contributed by atoms with Crippen molar-refractivity contribution in [2.24, 2.45) is 22.7 Å². The van der Waals surface area contributed by atoms with E-state index in [1.54, 1.807) is 0 Å². The SMILES string of the molecule is C=CC1CC(C)(C(=O)NC(C)(C)C)C(CC)CC1(C)C.O=C=O. The summed E-state index contributed by atoms with van der Waals surface area (Å²) in [5.41, 5.74) is -0.213. The molecule has 0 bridgehead atoms. The summed E-state index contributed by atoms with van der Waals surface area (Å²) in [6.45, 7) is 19.1. The second-order valence-corrected chi connectivity index (χ2v) is 8.55. The smallest absolute Gasteiger partial charge is 0.351 e. The molecule has 0 aromatic heterocycles. The van der Waals surface area contributed by atoms with E-state index in [4.69, 9.17) is 9.59 Å². The Morgan fingerprint density at radius 2 is 1.74 bits per heavy atom. The van der Waals surface area contributed by atoms with Crippen LogP contribution in [0.1, 0.15) is 67.7 Å². The van der Waals surface area contributed by atoms with Crippen molar-refractivity contribution in [2.75, 3.05) is 0 Å². The average Bonchev–Trinajstić information content (AvgIpc) is 2.39. The summed E-state index contributed by atoms with van der Waals surface area (Å²) in [5, 5.41) is 3.19. The van der Waals surface area contributed by atoms with Gasteiger partial charge in [-0.15, -0.1) is 6.58 Å². The zero-order valence-corrected chi connectivity index (χ0v) is 15.8. The fraction of sp³-hybridized carbons (Fsp3) is 0.789. The van der Waals surface area contributed by atoms with E-state index >= 15 is 0 Å². The molecule has 4 heteroatoms. The van der Waals surface area contributed by atoms with Crippen LogP contribution in [0.15, 0.2) is 12.7 Å². The maximum atomic E-state index is 12.8. The molecule has 0 saturated heterocycles. The molecule has 1 amide bonds. The first-order valence-electron chi connectivity index (χ1n) is 8.32. The van der Waals surface area contributed by atoms with Crippen molar-refractivity contribution in [3.63, 3.8) is 0 Å². The third-order valence-corrected chi connectivity index (χ3v) is 5.11. The Morgan fingerprint density at radius 1 is 1.26 bits per heavy atom. The van der Waals surface area contributed by atoms with E-state index in [0.717, 1.165) is 19.3 Å². The van der Waals surface area contributed by atoms with Crippen LogP contribution in [0.4, 0.5) is 0 Å². The molecule has 0 radical (unpaired) electrons. The Labute approximate surface area is 141 Å². The molecule has 3 unspecified atom stereocenters. The molecule has 0 aromatic carbocycles. The number of rotatable bonds is 3. The largest absolute Gasteiger partial charge is 0.373 e. The Hall–Kier alpha value is -1.41. The van der Waals surface area contributed by atoms with Crippen LogP contribution < -0.4 is 5.32 Å². The lowest BCUT2D eigenvalue weighted by molar-refractivity contribution is -0.191. The van der Waals surface area contributed by atoms with Gasteiger partial charge in [0.2, 0.25) is 5.91 Å². The van der Waals surface area contributed by atoms with Gasteiger partial charge in [0.1, 0.15) is 0 Å². The predicted octanol–water partition coefficient (Wildman–Crippen LogP) is 3.97. The first kappa shape index (κ1) is 21.6. The van der Waals surface area contributed by atoms with Crippen molar-refractivity contribution in [3.05, 3.63) is 12.7 Å². The predicted molar refractivity (Wildman–Crippen MR) is 91.5 cm³/mol. The molecule has 1 rings (SSSR count). The fourth-order valence-corrected chi connectivity index (χ4v) is 3.67. The van der Waals surface area contributed by atoms with Gasteiger partial charge in [0.05, 0.1) is 0 Å². The van der Waals surface area contributed by atoms with Gasteiger partial charge in [-0.1, -0.05) is 40.2 Å². The third kappa shape index (κ3) is 5.62.